The zero-order chi connectivity index (χ0) is 13.2. The predicted octanol–water partition coefficient (Wildman–Crippen LogP) is 4.22. The van der Waals surface area contributed by atoms with Gasteiger partial charge >= 0.3 is 0 Å². The molecule has 2 aromatic rings. The molecule has 0 bridgehead atoms. The highest BCUT2D eigenvalue weighted by atomic mass is 79.9. The van der Waals surface area contributed by atoms with E-state index in [0.717, 1.165) is 33.9 Å². The van der Waals surface area contributed by atoms with Crippen molar-refractivity contribution >= 4 is 21.7 Å². The van der Waals surface area contributed by atoms with Gasteiger partial charge < -0.3 is 5.32 Å². The van der Waals surface area contributed by atoms with Gasteiger partial charge in [0.15, 0.2) is 5.82 Å². The number of aromatic nitrogens is 2. The maximum Gasteiger partial charge on any atom is 0.162 e. The summed E-state index contributed by atoms with van der Waals surface area (Å²) in [5.41, 5.74) is 2.21. The monoisotopic (exact) mass is 317 g/mol. The largest absolute Gasteiger partial charge is 0.370 e. The van der Waals surface area contributed by atoms with E-state index in [1.165, 1.54) is 12.8 Å². The molecule has 1 aromatic carbocycles. The summed E-state index contributed by atoms with van der Waals surface area (Å²) in [4.78, 5) is 9.34. The van der Waals surface area contributed by atoms with Crippen molar-refractivity contribution in [2.45, 2.75) is 25.7 Å². The summed E-state index contributed by atoms with van der Waals surface area (Å²) in [6, 6.07) is 10.2. The third-order valence-electron chi connectivity index (χ3n) is 3.21. The minimum Gasteiger partial charge on any atom is -0.370 e. The molecule has 3 nitrogen and oxygen atoms in total. The summed E-state index contributed by atoms with van der Waals surface area (Å²) in [5, 5.41) is 3.29. The van der Waals surface area contributed by atoms with Crippen molar-refractivity contribution < 1.29 is 0 Å². The first kappa shape index (κ1) is 12.6. The minimum absolute atomic E-state index is 0.627. The van der Waals surface area contributed by atoms with E-state index in [0.29, 0.717) is 5.92 Å². The molecule has 0 spiro atoms. The third-order valence-corrected chi connectivity index (χ3v) is 3.91. The predicted molar refractivity (Wildman–Crippen MR) is 81.3 cm³/mol. The molecule has 0 amide bonds. The first-order valence-electron chi connectivity index (χ1n) is 6.65. The van der Waals surface area contributed by atoms with E-state index in [-0.39, 0.29) is 0 Å². The van der Waals surface area contributed by atoms with E-state index in [1.807, 2.05) is 24.3 Å². The van der Waals surface area contributed by atoms with Crippen LogP contribution < -0.4 is 5.32 Å². The van der Waals surface area contributed by atoms with Gasteiger partial charge in [0, 0.05) is 34.3 Å². The smallest absolute Gasteiger partial charge is 0.162 e. The van der Waals surface area contributed by atoms with E-state index in [1.54, 1.807) is 0 Å². The van der Waals surface area contributed by atoms with Crippen LogP contribution in [0.4, 0.5) is 5.82 Å². The van der Waals surface area contributed by atoms with Crippen molar-refractivity contribution in [3.05, 3.63) is 40.5 Å². The Morgan fingerprint density at radius 2 is 2.05 bits per heavy atom. The van der Waals surface area contributed by atoms with E-state index in [2.05, 4.69) is 39.2 Å². The Bertz CT molecular complexity index is 594. The number of hydrogen-bond donors (Lipinski definition) is 1. The summed E-state index contributed by atoms with van der Waals surface area (Å²) in [6.45, 7) is 2.95. The first-order chi connectivity index (χ1) is 9.28. The molecular weight excluding hydrogens is 302 g/mol. The van der Waals surface area contributed by atoms with Crippen LogP contribution in [0, 0.1) is 0 Å². The Morgan fingerprint density at radius 3 is 2.74 bits per heavy atom. The molecule has 1 fully saturated rings. The van der Waals surface area contributed by atoms with Gasteiger partial charge in [-0.3, -0.25) is 0 Å². The van der Waals surface area contributed by atoms with Crippen LogP contribution >= 0.6 is 15.9 Å². The second-order valence-corrected chi connectivity index (χ2v) is 5.64. The fourth-order valence-corrected chi connectivity index (χ4v) is 2.55. The lowest BCUT2D eigenvalue weighted by Gasteiger charge is -2.09. The molecule has 0 aliphatic heterocycles. The highest BCUT2D eigenvalue weighted by Crippen LogP contribution is 2.40. The number of anilines is 1. The molecular formula is C15H16BrN3. The zero-order valence-electron chi connectivity index (χ0n) is 10.9. The van der Waals surface area contributed by atoms with Crippen LogP contribution in [0.25, 0.3) is 11.4 Å². The van der Waals surface area contributed by atoms with Gasteiger partial charge in [-0.15, -0.1) is 0 Å². The molecule has 1 aliphatic rings. The van der Waals surface area contributed by atoms with E-state index >= 15 is 0 Å². The lowest BCUT2D eigenvalue weighted by Crippen LogP contribution is -2.03. The van der Waals surface area contributed by atoms with Gasteiger partial charge in [-0.2, -0.15) is 0 Å². The fraction of sp³-hybridized carbons (Fsp3) is 0.333. The topological polar surface area (TPSA) is 37.8 Å². The van der Waals surface area contributed by atoms with E-state index in [9.17, 15) is 0 Å². The SMILES string of the molecule is CCNc1cc(C2CC2)nc(-c2ccccc2Br)n1. The Balaban J connectivity index is 2.06. The highest BCUT2D eigenvalue weighted by molar-refractivity contribution is 9.10. The summed E-state index contributed by atoms with van der Waals surface area (Å²) in [5.74, 6) is 2.35. The number of benzene rings is 1. The molecule has 0 saturated heterocycles. The van der Waals surface area contributed by atoms with Gasteiger partial charge in [0.05, 0.1) is 0 Å². The number of nitrogens with zero attached hydrogens (tertiary/aromatic N) is 2. The van der Waals surface area contributed by atoms with Crippen LogP contribution in [-0.2, 0) is 0 Å². The van der Waals surface area contributed by atoms with Gasteiger partial charge in [0.2, 0.25) is 0 Å². The Kier molecular flexibility index (Phi) is 3.51. The van der Waals surface area contributed by atoms with Gasteiger partial charge in [-0.05, 0) is 25.8 Å². The molecule has 4 heteroatoms. The van der Waals surface area contributed by atoms with Crippen molar-refractivity contribution in [2.75, 3.05) is 11.9 Å². The maximum atomic E-state index is 4.73. The van der Waals surface area contributed by atoms with E-state index in [4.69, 9.17) is 4.98 Å². The van der Waals surface area contributed by atoms with Gasteiger partial charge in [-0.1, -0.05) is 34.1 Å². The Labute approximate surface area is 121 Å². The molecule has 0 atom stereocenters. The van der Waals surface area contributed by atoms with Crippen molar-refractivity contribution in [3.63, 3.8) is 0 Å². The number of nitrogens with one attached hydrogen (secondary N) is 1. The number of rotatable bonds is 4. The molecule has 98 valence electrons. The van der Waals surface area contributed by atoms with Crippen LogP contribution in [0.3, 0.4) is 0 Å². The normalized spacial score (nSPS) is 14.4. The summed E-state index contributed by atoms with van der Waals surface area (Å²) >= 11 is 3.57. The molecule has 1 aliphatic carbocycles. The molecule has 0 radical (unpaired) electrons. The highest BCUT2D eigenvalue weighted by Gasteiger charge is 2.26. The molecule has 1 N–H and O–H groups in total. The van der Waals surface area contributed by atoms with Crippen LogP contribution in [0.5, 0.6) is 0 Å². The van der Waals surface area contributed by atoms with Crippen LogP contribution in [0.2, 0.25) is 0 Å². The third kappa shape index (κ3) is 2.78. The standard InChI is InChI=1S/C15H16BrN3/c1-2-17-14-9-13(10-7-8-10)18-15(19-14)11-5-3-4-6-12(11)16/h3-6,9-10H,2,7-8H2,1H3,(H,17,18,19). The second kappa shape index (κ2) is 5.29. The molecule has 1 saturated carbocycles. The molecule has 1 aromatic heterocycles. The Morgan fingerprint density at radius 1 is 1.26 bits per heavy atom. The lowest BCUT2D eigenvalue weighted by molar-refractivity contribution is 0.987. The molecule has 19 heavy (non-hydrogen) atoms. The lowest BCUT2D eigenvalue weighted by atomic mass is 10.2. The quantitative estimate of drug-likeness (QED) is 0.917. The molecule has 0 unspecified atom stereocenters. The maximum absolute atomic E-state index is 4.73. The van der Waals surface area contributed by atoms with Gasteiger partial charge in [0.1, 0.15) is 5.82 Å². The van der Waals surface area contributed by atoms with Crippen LogP contribution in [-0.4, -0.2) is 16.5 Å². The number of halogens is 1. The van der Waals surface area contributed by atoms with Crippen molar-refractivity contribution in [2.24, 2.45) is 0 Å². The summed E-state index contributed by atoms with van der Waals surface area (Å²) in [7, 11) is 0. The average molecular weight is 318 g/mol. The second-order valence-electron chi connectivity index (χ2n) is 4.79. The summed E-state index contributed by atoms with van der Waals surface area (Å²) in [6.07, 6.45) is 2.50. The summed E-state index contributed by atoms with van der Waals surface area (Å²) < 4.78 is 1.03. The Hall–Kier alpha value is -1.42. The van der Waals surface area contributed by atoms with Crippen LogP contribution in [0.15, 0.2) is 34.8 Å². The van der Waals surface area contributed by atoms with Crippen molar-refractivity contribution in [1.82, 2.24) is 9.97 Å². The van der Waals surface area contributed by atoms with Gasteiger partial charge in [-0.25, -0.2) is 9.97 Å². The fourth-order valence-electron chi connectivity index (χ4n) is 2.09. The zero-order valence-corrected chi connectivity index (χ0v) is 12.4. The molecule has 3 rings (SSSR count). The van der Waals surface area contributed by atoms with Crippen molar-refractivity contribution in [3.8, 4) is 11.4 Å². The van der Waals surface area contributed by atoms with Gasteiger partial charge in [0.25, 0.3) is 0 Å². The molecule has 1 heterocycles. The van der Waals surface area contributed by atoms with Crippen molar-refractivity contribution in [1.29, 1.82) is 0 Å². The van der Waals surface area contributed by atoms with E-state index < -0.39 is 0 Å². The minimum atomic E-state index is 0.627. The first-order valence-corrected chi connectivity index (χ1v) is 7.45. The number of hydrogen-bond acceptors (Lipinski definition) is 3. The van der Waals surface area contributed by atoms with Crippen LogP contribution in [0.1, 0.15) is 31.4 Å². The average Bonchev–Trinajstić information content (AvgIpc) is 3.23.